The van der Waals surface area contributed by atoms with Crippen molar-refractivity contribution in [3.63, 3.8) is 0 Å². The first-order valence-corrected chi connectivity index (χ1v) is 13.2. The van der Waals surface area contributed by atoms with Crippen LogP contribution >= 0.6 is 23.2 Å². The second-order valence-corrected chi connectivity index (χ2v) is 12.3. The zero-order valence-electron chi connectivity index (χ0n) is 16.8. The number of sulfonamides is 2. The summed E-state index contributed by atoms with van der Waals surface area (Å²) in [6.07, 6.45) is 0.878. The van der Waals surface area contributed by atoms with E-state index in [9.17, 15) is 16.8 Å². The lowest BCUT2D eigenvalue weighted by molar-refractivity contribution is 0.273. The Bertz CT molecular complexity index is 1110. The Morgan fingerprint density at radius 1 is 0.833 bits per heavy atom. The molecule has 164 valence electrons. The van der Waals surface area contributed by atoms with Gasteiger partial charge in [0.05, 0.1) is 9.92 Å². The van der Waals surface area contributed by atoms with Crippen LogP contribution in [0.5, 0.6) is 0 Å². The molecule has 1 aliphatic rings. The first-order valence-electron chi connectivity index (χ1n) is 9.56. The molecule has 1 aliphatic heterocycles. The molecule has 0 aromatic heterocycles. The van der Waals surface area contributed by atoms with Gasteiger partial charge in [-0.05, 0) is 48.2 Å². The summed E-state index contributed by atoms with van der Waals surface area (Å²) in [6, 6.07) is 11.1. The summed E-state index contributed by atoms with van der Waals surface area (Å²) in [7, 11) is -7.56. The lowest BCUT2D eigenvalue weighted by Gasteiger charge is -2.33. The third-order valence-electron chi connectivity index (χ3n) is 4.91. The Hall–Kier alpha value is -1.16. The van der Waals surface area contributed by atoms with Gasteiger partial charge in [0.25, 0.3) is 0 Å². The zero-order valence-corrected chi connectivity index (χ0v) is 19.9. The number of halogens is 2. The molecule has 0 N–H and O–H groups in total. The Morgan fingerprint density at radius 2 is 1.37 bits per heavy atom. The molecule has 1 saturated heterocycles. The fourth-order valence-electron chi connectivity index (χ4n) is 3.38. The summed E-state index contributed by atoms with van der Waals surface area (Å²) in [4.78, 5) is 0.137. The van der Waals surface area contributed by atoms with E-state index in [4.69, 9.17) is 23.2 Å². The van der Waals surface area contributed by atoms with Crippen molar-refractivity contribution in [1.29, 1.82) is 0 Å². The van der Waals surface area contributed by atoms with Crippen molar-refractivity contribution in [1.82, 2.24) is 8.61 Å². The Balaban J connectivity index is 1.73. The highest BCUT2D eigenvalue weighted by Crippen LogP contribution is 2.29. The number of hydrogen-bond donors (Lipinski definition) is 0. The fourth-order valence-corrected chi connectivity index (χ4v) is 6.96. The average molecular weight is 491 g/mol. The van der Waals surface area contributed by atoms with Gasteiger partial charge in [-0.15, -0.1) is 0 Å². The summed E-state index contributed by atoms with van der Waals surface area (Å²) in [5.41, 5.74) is 1.08. The zero-order chi connectivity index (χ0) is 22.1. The number of nitrogens with zero attached hydrogens (tertiary/aromatic N) is 2. The smallest absolute Gasteiger partial charge is 0.207 e. The summed E-state index contributed by atoms with van der Waals surface area (Å²) in [5.74, 6) is 0.482. The number of hydrogen-bond acceptors (Lipinski definition) is 4. The van der Waals surface area contributed by atoms with Crippen LogP contribution in [0.3, 0.4) is 0 Å². The van der Waals surface area contributed by atoms with E-state index in [1.807, 2.05) is 12.1 Å². The number of rotatable bonds is 6. The highest BCUT2D eigenvalue weighted by atomic mass is 35.5. The van der Waals surface area contributed by atoms with Crippen molar-refractivity contribution < 1.29 is 16.8 Å². The minimum atomic E-state index is -3.87. The van der Waals surface area contributed by atoms with Gasteiger partial charge in [0.15, 0.2) is 0 Å². The van der Waals surface area contributed by atoms with Gasteiger partial charge in [-0.1, -0.05) is 49.2 Å². The molecule has 0 spiro atoms. The lowest BCUT2D eigenvalue weighted by Crippen LogP contribution is -2.50. The van der Waals surface area contributed by atoms with E-state index in [1.54, 1.807) is 12.1 Å². The molecule has 2 aromatic rings. The summed E-state index contributed by atoms with van der Waals surface area (Å²) >= 11 is 12.0. The van der Waals surface area contributed by atoms with Crippen LogP contribution in [-0.4, -0.2) is 51.6 Å². The lowest BCUT2D eigenvalue weighted by atomic mass is 10.0. The van der Waals surface area contributed by atoms with Gasteiger partial charge in [0.1, 0.15) is 4.90 Å². The maximum Gasteiger partial charge on any atom is 0.244 e. The topological polar surface area (TPSA) is 74.8 Å². The molecule has 6 nitrogen and oxygen atoms in total. The van der Waals surface area contributed by atoms with Gasteiger partial charge in [-0.3, -0.25) is 0 Å². The minimum Gasteiger partial charge on any atom is -0.207 e. The van der Waals surface area contributed by atoms with Gasteiger partial charge < -0.3 is 0 Å². The third-order valence-corrected chi connectivity index (χ3v) is 9.44. The van der Waals surface area contributed by atoms with Gasteiger partial charge in [0, 0.05) is 31.2 Å². The molecule has 3 rings (SSSR count). The fraction of sp³-hybridized carbons (Fsp3) is 0.400. The second-order valence-electron chi connectivity index (χ2n) is 7.62. The molecule has 2 aromatic carbocycles. The summed E-state index contributed by atoms with van der Waals surface area (Å²) < 4.78 is 54.3. The first-order chi connectivity index (χ1) is 14.0. The van der Waals surface area contributed by atoms with Crippen LogP contribution in [0.1, 0.15) is 19.4 Å². The minimum absolute atomic E-state index is 0.0375. The van der Waals surface area contributed by atoms with E-state index in [0.29, 0.717) is 5.92 Å². The van der Waals surface area contributed by atoms with E-state index in [-0.39, 0.29) is 46.0 Å². The molecule has 0 atom stereocenters. The molecule has 0 radical (unpaired) electrons. The molecular weight excluding hydrogens is 467 g/mol. The largest absolute Gasteiger partial charge is 0.244 e. The average Bonchev–Trinajstić information content (AvgIpc) is 2.70. The summed E-state index contributed by atoms with van der Waals surface area (Å²) in [5, 5.41) is 0.344. The molecule has 10 heteroatoms. The molecule has 30 heavy (non-hydrogen) atoms. The number of benzene rings is 2. The predicted molar refractivity (Wildman–Crippen MR) is 119 cm³/mol. The molecule has 0 aliphatic carbocycles. The van der Waals surface area contributed by atoms with E-state index in [1.165, 1.54) is 26.8 Å². The molecule has 1 heterocycles. The normalized spacial score (nSPS) is 16.8. The van der Waals surface area contributed by atoms with Crippen molar-refractivity contribution in [2.45, 2.75) is 30.1 Å². The first kappa shape index (κ1) is 23.5. The van der Waals surface area contributed by atoms with E-state index < -0.39 is 20.0 Å². The van der Waals surface area contributed by atoms with Crippen molar-refractivity contribution in [3.05, 3.63) is 58.1 Å². The monoisotopic (exact) mass is 490 g/mol. The predicted octanol–water partition coefficient (Wildman–Crippen LogP) is 3.89. The standard InChI is InChI=1S/C20H24Cl2N2O4S2/c1-15(2)13-16-3-6-18(7-4-16)29(25,26)23-9-11-24(12-10-23)30(27,28)20-14-17(21)5-8-19(20)22/h3-8,14-15H,9-13H2,1-2H3. The third kappa shape index (κ3) is 5.00. The van der Waals surface area contributed by atoms with Gasteiger partial charge in [0.2, 0.25) is 20.0 Å². The molecule has 0 amide bonds. The molecular formula is C20H24Cl2N2O4S2. The highest BCUT2D eigenvalue weighted by molar-refractivity contribution is 7.89. The van der Waals surface area contributed by atoms with Crippen molar-refractivity contribution in [3.8, 4) is 0 Å². The van der Waals surface area contributed by atoms with Crippen LogP contribution < -0.4 is 0 Å². The van der Waals surface area contributed by atoms with Crippen molar-refractivity contribution >= 4 is 43.2 Å². The van der Waals surface area contributed by atoms with Crippen LogP contribution in [0.25, 0.3) is 0 Å². The SMILES string of the molecule is CC(C)Cc1ccc(S(=O)(=O)N2CCN(S(=O)(=O)c3cc(Cl)ccc3Cl)CC2)cc1. The highest BCUT2D eigenvalue weighted by Gasteiger charge is 2.34. The number of piperazine rings is 1. The Kier molecular flexibility index (Phi) is 7.16. The van der Waals surface area contributed by atoms with Crippen LogP contribution in [0.2, 0.25) is 10.0 Å². The Morgan fingerprint density at radius 3 is 1.90 bits per heavy atom. The van der Waals surface area contributed by atoms with E-state index in [0.717, 1.165) is 12.0 Å². The van der Waals surface area contributed by atoms with Gasteiger partial charge in [-0.25, -0.2) is 16.8 Å². The van der Waals surface area contributed by atoms with Crippen LogP contribution in [0, 0.1) is 5.92 Å². The van der Waals surface area contributed by atoms with Crippen LogP contribution in [-0.2, 0) is 26.5 Å². The maximum atomic E-state index is 13.0. The molecule has 0 unspecified atom stereocenters. The Labute approximate surface area is 188 Å². The van der Waals surface area contributed by atoms with Gasteiger partial charge in [-0.2, -0.15) is 8.61 Å². The quantitative estimate of drug-likeness (QED) is 0.615. The van der Waals surface area contributed by atoms with Crippen molar-refractivity contribution in [2.24, 2.45) is 5.92 Å². The second kappa shape index (κ2) is 9.14. The van der Waals surface area contributed by atoms with Crippen molar-refractivity contribution in [2.75, 3.05) is 26.2 Å². The molecule has 1 fully saturated rings. The van der Waals surface area contributed by atoms with E-state index in [2.05, 4.69) is 13.8 Å². The maximum absolute atomic E-state index is 13.0. The van der Waals surface area contributed by atoms with Gasteiger partial charge >= 0.3 is 0 Å². The van der Waals surface area contributed by atoms with Crippen LogP contribution in [0.15, 0.2) is 52.3 Å². The molecule has 0 bridgehead atoms. The summed E-state index contributed by atoms with van der Waals surface area (Å²) in [6.45, 7) is 4.41. The van der Waals surface area contributed by atoms with Crippen LogP contribution in [0.4, 0.5) is 0 Å². The van der Waals surface area contributed by atoms with E-state index >= 15 is 0 Å². The molecule has 0 saturated carbocycles.